The second-order valence-electron chi connectivity index (χ2n) is 4.30. The third kappa shape index (κ3) is 3.51. The average Bonchev–Trinajstić information content (AvgIpc) is 2.46. The minimum Gasteiger partial charge on any atom is -0.485 e. The van der Waals surface area contributed by atoms with Crippen LogP contribution in [0.3, 0.4) is 0 Å². The van der Waals surface area contributed by atoms with E-state index in [-0.39, 0.29) is 24.0 Å². The Kier molecular flexibility index (Phi) is 4.25. The minimum absolute atomic E-state index is 0.0288. The summed E-state index contributed by atoms with van der Waals surface area (Å²) in [6.07, 6.45) is 0. The van der Waals surface area contributed by atoms with Gasteiger partial charge in [-0.25, -0.2) is 4.39 Å². The number of ketones is 2. The van der Waals surface area contributed by atoms with Crippen molar-refractivity contribution in [1.82, 2.24) is 0 Å². The molecule has 2 rings (SSSR count). The summed E-state index contributed by atoms with van der Waals surface area (Å²) < 4.78 is 18.1. The van der Waals surface area contributed by atoms with Crippen LogP contribution < -0.4 is 4.74 Å². The normalized spacial score (nSPS) is 10.1. The van der Waals surface area contributed by atoms with Gasteiger partial charge in [0.1, 0.15) is 11.6 Å². The summed E-state index contributed by atoms with van der Waals surface area (Å²) in [6, 6.07) is 11.8. The number of rotatable bonds is 5. The minimum atomic E-state index is -0.387. The number of carbonyl (C=O) groups is 2. The van der Waals surface area contributed by atoms with E-state index in [0.717, 1.165) is 0 Å². The van der Waals surface area contributed by atoms with Crippen LogP contribution in [0.1, 0.15) is 27.6 Å². The van der Waals surface area contributed by atoms with Crippen LogP contribution in [0, 0.1) is 5.82 Å². The molecule has 0 radical (unpaired) electrons. The SMILES string of the molecule is CC(=O)c1ccc(OCC(=O)c2ccc(F)cc2)cc1. The molecule has 0 unspecified atom stereocenters. The molecule has 0 atom stereocenters. The maximum Gasteiger partial charge on any atom is 0.200 e. The van der Waals surface area contributed by atoms with Crippen LogP contribution >= 0.6 is 0 Å². The van der Waals surface area contributed by atoms with Gasteiger partial charge < -0.3 is 4.74 Å². The van der Waals surface area contributed by atoms with Gasteiger partial charge in [-0.1, -0.05) is 0 Å². The van der Waals surface area contributed by atoms with Gasteiger partial charge in [-0.05, 0) is 55.5 Å². The first-order valence-electron chi connectivity index (χ1n) is 6.09. The van der Waals surface area contributed by atoms with Gasteiger partial charge in [0.2, 0.25) is 0 Å². The van der Waals surface area contributed by atoms with Gasteiger partial charge in [0, 0.05) is 11.1 Å². The van der Waals surface area contributed by atoms with E-state index in [4.69, 9.17) is 4.74 Å². The molecule has 0 fully saturated rings. The van der Waals surface area contributed by atoms with Crippen molar-refractivity contribution < 1.29 is 18.7 Å². The molecule has 0 amide bonds. The second kappa shape index (κ2) is 6.10. The highest BCUT2D eigenvalue weighted by Crippen LogP contribution is 2.13. The van der Waals surface area contributed by atoms with Crippen molar-refractivity contribution in [2.24, 2.45) is 0 Å². The molecular formula is C16H13FO3. The number of carbonyl (C=O) groups excluding carboxylic acids is 2. The molecule has 0 N–H and O–H groups in total. The van der Waals surface area contributed by atoms with E-state index in [1.165, 1.54) is 31.2 Å². The smallest absolute Gasteiger partial charge is 0.200 e. The maximum atomic E-state index is 12.7. The molecule has 2 aromatic carbocycles. The monoisotopic (exact) mass is 272 g/mol. The molecule has 0 aliphatic rings. The molecule has 20 heavy (non-hydrogen) atoms. The molecular weight excluding hydrogens is 259 g/mol. The average molecular weight is 272 g/mol. The standard InChI is InChI=1S/C16H13FO3/c1-11(18)12-4-8-15(9-5-12)20-10-16(19)13-2-6-14(17)7-3-13/h2-9H,10H2,1H3. The van der Waals surface area contributed by atoms with E-state index in [1.54, 1.807) is 24.3 Å². The van der Waals surface area contributed by atoms with Crippen LogP contribution in [-0.2, 0) is 0 Å². The lowest BCUT2D eigenvalue weighted by Gasteiger charge is -2.06. The van der Waals surface area contributed by atoms with E-state index < -0.39 is 0 Å². The number of halogens is 1. The summed E-state index contributed by atoms with van der Waals surface area (Å²) in [5, 5.41) is 0. The fourth-order valence-electron chi connectivity index (χ4n) is 1.65. The highest BCUT2D eigenvalue weighted by atomic mass is 19.1. The van der Waals surface area contributed by atoms with Crippen molar-refractivity contribution in [1.29, 1.82) is 0 Å². The van der Waals surface area contributed by atoms with Crippen molar-refractivity contribution in [2.75, 3.05) is 6.61 Å². The van der Waals surface area contributed by atoms with Crippen LogP contribution in [0.5, 0.6) is 5.75 Å². The Hall–Kier alpha value is -2.49. The molecule has 0 saturated carbocycles. The number of Topliss-reactive ketones (excluding diaryl/α,β-unsaturated/α-hetero) is 2. The number of hydrogen-bond donors (Lipinski definition) is 0. The Morgan fingerprint density at radius 3 is 2.05 bits per heavy atom. The first kappa shape index (κ1) is 13.9. The van der Waals surface area contributed by atoms with Crippen LogP contribution in [-0.4, -0.2) is 18.2 Å². The van der Waals surface area contributed by atoms with Crippen molar-refractivity contribution in [3.8, 4) is 5.75 Å². The predicted molar refractivity (Wildman–Crippen MR) is 72.7 cm³/mol. The second-order valence-corrected chi connectivity index (χ2v) is 4.30. The Labute approximate surface area is 116 Å². The first-order chi connectivity index (χ1) is 9.56. The first-order valence-corrected chi connectivity index (χ1v) is 6.09. The molecule has 2 aromatic rings. The quantitative estimate of drug-likeness (QED) is 0.784. The van der Waals surface area contributed by atoms with E-state index >= 15 is 0 Å². The molecule has 0 spiro atoms. The summed E-state index contributed by atoms with van der Waals surface area (Å²) in [5.74, 6) is -0.146. The van der Waals surface area contributed by atoms with E-state index in [2.05, 4.69) is 0 Å². The van der Waals surface area contributed by atoms with E-state index in [1.807, 2.05) is 0 Å². The predicted octanol–water partition coefficient (Wildman–Crippen LogP) is 3.29. The summed E-state index contributed by atoms with van der Waals surface area (Å²) in [6.45, 7) is 1.35. The molecule has 0 heterocycles. The highest BCUT2D eigenvalue weighted by Gasteiger charge is 2.07. The summed E-state index contributed by atoms with van der Waals surface area (Å²) in [5.41, 5.74) is 0.981. The zero-order valence-corrected chi connectivity index (χ0v) is 10.9. The number of ether oxygens (including phenoxy) is 1. The molecule has 0 aliphatic carbocycles. The molecule has 0 aliphatic heterocycles. The number of hydrogen-bond acceptors (Lipinski definition) is 3. The van der Waals surface area contributed by atoms with Gasteiger partial charge in [-0.3, -0.25) is 9.59 Å². The Morgan fingerprint density at radius 1 is 0.950 bits per heavy atom. The Morgan fingerprint density at radius 2 is 1.50 bits per heavy atom. The third-order valence-electron chi connectivity index (χ3n) is 2.80. The van der Waals surface area contributed by atoms with Crippen LogP contribution in [0.25, 0.3) is 0 Å². The lowest BCUT2D eigenvalue weighted by Crippen LogP contribution is -2.11. The van der Waals surface area contributed by atoms with Gasteiger partial charge >= 0.3 is 0 Å². The third-order valence-corrected chi connectivity index (χ3v) is 2.80. The molecule has 0 saturated heterocycles. The highest BCUT2D eigenvalue weighted by molar-refractivity contribution is 5.97. The van der Waals surface area contributed by atoms with Crippen molar-refractivity contribution in [2.45, 2.75) is 6.92 Å². The summed E-state index contributed by atoms with van der Waals surface area (Å²) >= 11 is 0. The van der Waals surface area contributed by atoms with E-state index in [0.29, 0.717) is 16.9 Å². The van der Waals surface area contributed by atoms with Gasteiger partial charge in [0.05, 0.1) is 0 Å². The fraction of sp³-hybridized carbons (Fsp3) is 0.125. The van der Waals surface area contributed by atoms with Gasteiger partial charge in [0.15, 0.2) is 18.2 Å². The number of benzene rings is 2. The fourth-order valence-corrected chi connectivity index (χ4v) is 1.65. The van der Waals surface area contributed by atoms with Gasteiger partial charge in [-0.15, -0.1) is 0 Å². The zero-order chi connectivity index (χ0) is 14.5. The molecule has 0 aromatic heterocycles. The maximum absolute atomic E-state index is 12.7. The lowest BCUT2D eigenvalue weighted by molar-refractivity contribution is 0.0920. The molecule has 0 bridgehead atoms. The van der Waals surface area contributed by atoms with Crippen molar-refractivity contribution in [3.63, 3.8) is 0 Å². The summed E-state index contributed by atoms with van der Waals surface area (Å²) in [4.78, 5) is 22.9. The van der Waals surface area contributed by atoms with Crippen LogP contribution in [0.4, 0.5) is 4.39 Å². The molecule has 102 valence electrons. The van der Waals surface area contributed by atoms with Gasteiger partial charge in [0.25, 0.3) is 0 Å². The zero-order valence-electron chi connectivity index (χ0n) is 10.9. The molecule has 4 heteroatoms. The topological polar surface area (TPSA) is 43.4 Å². The van der Waals surface area contributed by atoms with Crippen LogP contribution in [0.15, 0.2) is 48.5 Å². The summed E-state index contributed by atoms with van der Waals surface area (Å²) in [7, 11) is 0. The van der Waals surface area contributed by atoms with Crippen LogP contribution in [0.2, 0.25) is 0 Å². The lowest BCUT2D eigenvalue weighted by atomic mass is 10.1. The Balaban J connectivity index is 1.96. The van der Waals surface area contributed by atoms with Gasteiger partial charge in [-0.2, -0.15) is 0 Å². The van der Waals surface area contributed by atoms with Crippen molar-refractivity contribution in [3.05, 3.63) is 65.5 Å². The van der Waals surface area contributed by atoms with E-state index in [9.17, 15) is 14.0 Å². The molecule has 3 nitrogen and oxygen atoms in total. The Bertz CT molecular complexity index is 615. The van der Waals surface area contributed by atoms with Crippen molar-refractivity contribution >= 4 is 11.6 Å². The largest absolute Gasteiger partial charge is 0.485 e.